The van der Waals surface area contributed by atoms with Crippen molar-refractivity contribution in [3.63, 3.8) is 0 Å². The van der Waals surface area contributed by atoms with Gasteiger partial charge in [0.05, 0.1) is 0 Å². The van der Waals surface area contributed by atoms with Gasteiger partial charge in [0, 0.05) is 31.2 Å². The van der Waals surface area contributed by atoms with Gasteiger partial charge in [-0.2, -0.15) is 0 Å². The van der Waals surface area contributed by atoms with Crippen molar-refractivity contribution in [2.75, 3.05) is 18.5 Å². The second-order valence-electron chi connectivity index (χ2n) is 4.45. The summed E-state index contributed by atoms with van der Waals surface area (Å²) in [7, 11) is 2.11. The van der Waals surface area contributed by atoms with Crippen LogP contribution in [0, 0.1) is 0 Å². The molecule has 0 atom stereocenters. The van der Waals surface area contributed by atoms with Crippen molar-refractivity contribution in [2.24, 2.45) is 0 Å². The predicted molar refractivity (Wildman–Crippen MR) is 78.0 cm³/mol. The standard InChI is InChI=1S/C16H20N2/c1-4-15-11-14(9-10-17-15)13-7-6-8-16(12-13)18(3)5-2/h6-12H,4-5H2,1-3H3. The monoisotopic (exact) mass is 240 g/mol. The van der Waals surface area contributed by atoms with Gasteiger partial charge in [0.15, 0.2) is 0 Å². The first-order valence-corrected chi connectivity index (χ1v) is 6.51. The molecule has 0 bridgehead atoms. The van der Waals surface area contributed by atoms with Gasteiger partial charge < -0.3 is 4.90 Å². The summed E-state index contributed by atoms with van der Waals surface area (Å²) in [5.41, 5.74) is 4.89. The van der Waals surface area contributed by atoms with Gasteiger partial charge in [0.2, 0.25) is 0 Å². The molecule has 0 amide bonds. The third-order valence-corrected chi connectivity index (χ3v) is 3.27. The van der Waals surface area contributed by atoms with E-state index in [1.165, 1.54) is 16.8 Å². The third kappa shape index (κ3) is 2.70. The lowest BCUT2D eigenvalue weighted by Crippen LogP contribution is -2.15. The SMILES string of the molecule is CCc1cc(-c2cccc(N(C)CC)c2)ccn1. The van der Waals surface area contributed by atoms with Crippen molar-refractivity contribution < 1.29 is 0 Å². The first kappa shape index (κ1) is 12.6. The highest BCUT2D eigenvalue weighted by Crippen LogP contribution is 2.24. The minimum atomic E-state index is 0.975. The number of rotatable bonds is 4. The van der Waals surface area contributed by atoms with E-state index in [4.69, 9.17) is 0 Å². The molecule has 0 radical (unpaired) electrons. The molecule has 2 rings (SSSR count). The van der Waals surface area contributed by atoms with E-state index in [0.717, 1.165) is 18.7 Å². The lowest BCUT2D eigenvalue weighted by molar-refractivity contribution is 0.968. The molecule has 1 aromatic heterocycles. The van der Waals surface area contributed by atoms with Gasteiger partial charge in [-0.05, 0) is 48.7 Å². The van der Waals surface area contributed by atoms with Crippen LogP contribution in [0.15, 0.2) is 42.6 Å². The second kappa shape index (κ2) is 5.67. The molecule has 0 aliphatic heterocycles. The average Bonchev–Trinajstić information content (AvgIpc) is 2.46. The second-order valence-corrected chi connectivity index (χ2v) is 4.45. The summed E-state index contributed by atoms with van der Waals surface area (Å²) in [4.78, 5) is 6.59. The highest BCUT2D eigenvalue weighted by atomic mass is 15.1. The molecule has 2 nitrogen and oxygen atoms in total. The maximum absolute atomic E-state index is 4.35. The first-order chi connectivity index (χ1) is 8.74. The molecule has 0 spiro atoms. The van der Waals surface area contributed by atoms with Gasteiger partial charge in [-0.3, -0.25) is 4.98 Å². The molecule has 1 heterocycles. The maximum Gasteiger partial charge on any atom is 0.0407 e. The van der Waals surface area contributed by atoms with E-state index in [1.54, 1.807) is 0 Å². The van der Waals surface area contributed by atoms with Crippen LogP contribution in [0.1, 0.15) is 19.5 Å². The van der Waals surface area contributed by atoms with Crippen LogP contribution in [-0.4, -0.2) is 18.6 Å². The Balaban J connectivity index is 2.38. The molecular formula is C16H20N2. The van der Waals surface area contributed by atoms with E-state index in [0.29, 0.717) is 0 Å². The van der Waals surface area contributed by atoms with Gasteiger partial charge in [-0.25, -0.2) is 0 Å². The van der Waals surface area contributed by atoms with E-state index in [-0.39, 0.29) is 0 Å². The number of hydrogen-bond acceptors (Lipinski definition) is 2. The number of benzene rings is 1. The number of aromatic nitrogens is 1. The Kier molecular flexibility index (Phi) is 3.98. The summed E-state index contributed by atoms with van der Waals surface area (Å²) in [5, 5.41) is 0. The smallest absolute Gasteiger partial charge is 0.0407 e. The number of pyridine rings is 1. The first-order valence-electron chi connectivity index (χ1n) is 6.51. The molecule has 2 aromatic rings. The molecule has 94 valence electrons. The van der Waals surface area contributed by atoms with Gasteiger partial charge in [0.25, 0.3) is 0 Å². The molecule has 0 aliphatic rings. The molecule has 0 saturated carbocycles. The van der Waals surface area contributed by atoms with Crippen LogP contribution in [-0.2, 0) is 6.42 Å². The molecule has 0 N–H and O–H groups in total. The van der Waals surface area contributed by atoms with Crippen LogP contribution in [0.25, 0.3) is 11.1 Å². The van der Waals surface area contributed by atoms with E-state index in [9.17, 15) is 0 Å². The van der Waals surface area contributed by atoms with Crippen molar-refractivity contribution >= 4 is 5.69 Å². The molecule has 0 unspecified atom stereocenters. The van der Waals surface area contributed by atoms with Crippen LogP contribution < -0.4 is 4.90 Å². The highest BCUT2D eigenvalue weighted by molar-refractivity contribution is 5.68. The Morgan fingerprint density at radius 1 is 1.06 bits per heavy atom. The van der Waals surface area contributed by atoms with Crippen molar-refractivity contribution in [2.45, 2.75) is 20.3 Å². The molecule has 0 saturated heterocycles. The average molecular weight is 240 g/mol. The van der Waals surface area contributed by atoms with Crippen LogP contribution >= 0.6 is 0 Å². The fourth-order valence-corrected chi connectivity index (χ4v) is 1.96. The minimum Gasteiger partial charge on any atom is -0.375 e. The summed E-state index contributed by atoms with van der Waals surface area (Å²) in [6.45, 7) is 5.31. The molecule has 0 aliphatic carbocycles. The lowest BCUT2D eigenvalue weighted by Gasteiger charge is -2.17. The van der Waals surface area contributed by atoms with Crippen molar-refractivity contribution in [3.8, 4) is 11.1 Å². The Bertz CT molecular complexity index is 520. The zero-order chi connectivity index (χ0) is 13.0. The summed E-state index contributed by atoms with van der Waals surface area (Å²) in [6.07, 6.45) is 2.87. The number of hydrogen-bond donors (Lipinski definition) is 0. The Morgan fingerprint density at radius 2 is 1.83 bits per heavy atom. The van der Waals surface area contributed by atoms with Crippen LogP contribution in [0.3, 0.4) is 0 Å². The van der Waals surface area contributed by atoms with Crippen LogP contribution in [0.2, 0.25) is 0 Å². The molecule has 18 heavy (non-hydrogen) atoms. The van der Waals surface area contributed by atoms with E-state index < -0.39 is 0 Å². The maximum atomic E-state index is 4.35. The summed E-state index contributed by atoms with van der Waals surface area (Å²) in [5.74, 6) is 0. The lowest BCUT2D eigenvalue weighted by atomic mass is 10.0. The fraction of sp³-hybridized carbons (Fsp3) is 0.312. The molecule has 0 fully saturated rings. The normalized spacial score (nSPS) is 10.4. The molecule has 1 aromatic carbocycles. The van der Waals surface area contributed by atoms with E-state index in [1.807, 2.05) is 6.20 Å². The topological polar surface area (TPSA) is 16.1 Å². The van der Waals surface area contributed by atoms with Gasteiger partial charge in [0.1, 0.15) is 0 Å². The van der Waals surface area contributed by atoms with Crippen LogP contribution in [0.4, 0.5) is 5.69 Å². The predicted octanol–water partition coefficient (Wildman–Crippen LogP) is 3.77. The summed E-state index contributed by atoms with van der Waals surface area (Å²) >= 11 is 0. The third-order valence-electron chi connectivity index (χ3n) is 3.27. The zero-order valence-corrected chi connectivity index (χ0v) is 11.4. The van der Waals surface area contributed by atoms with E-state index in [2.05, 4.69) is 67.2 Å². The molecular weight excluding hydrogens is 220 g/mol. The Morgan fingerprint density at radius 3 is 2.56 bits per heavy atom. The zero-order valence-electron chi connectivity index (χ0n) is 11.4. The minimum absolute atomic E-state index is 0.975. The Labute approximate surface area is 109 Å². The quantitative estimate of drug-likeness (QED) is 0.808. The van der Waals surface area contributed by atoms with Crippen molar-refractivity contribution in [3.05, 3.63) is 48.3 Å². The van der Waals surface area contributed by atoms with Gasteiger partial charge in [-0.1, -0.05) is 19.1 Å². The molecule has 2 heteroatoms. The van der Waals surface area contributed by atoms with Crippen molar-refractivity contribution in [1.29, 1.82) is 0 Å². The number of nitrogens with zero attached hydrogens (tertiary/aromatic N) is 2. The van der Waals surface area contributed by atoms with Gasteiger partial charge >= 0.3 is 0 Å². The van der Waals surface area contributed by atoms with E-state index >= 15 is 0 Å². The van der Waals surface area contributed by atoms with Crippen LogP contribution in [0.5, 0.6) is 0 Å². The largest absolute Gasteiger partial charge is 0.375 e. The van der Waals surface area contributed by atoms with Crippen molar-refractivity contribution in [1.82, 2.24) is 4.98 Å². The number of aryl methyl sites for hydroxylation is 1. The highest BCUT2D eigenvalue weighted by Gasteiger charge is 2.03. The van der Waals surface area contributed by atoms with Gasteiger partial charge in [-0.15, -0.1) is 0 Å². The summed E-state index contributed by atoms with van der Waals surface area (Å²) < 4.78 is 0. The number of anilines is 1. The Hall–Kier alpha value is -1.83. The fourth-order valence-electron chi connectivity index (χ4n) is 1.96. The summed E-state index contributed by atoms with van der Waals surface area (Å²) in [6, 6.07) is 12.9.